The van der Waals surface area contributed by atoms with Gasteiger partial charge in [0.15, 0.2) is 23.3 Å². The van der Waals surface area contributed by atoms with Gasteiger partial charge in [-0.3, -0.25) is 0 Å². The van der Waals surface area contributed by atoms with Gasteiger partial charge in [-0.15, -0.1) is 0 Å². The second kappa shape index (κ2) is 14.7. The van der Waals surface area contributed by atoms with Crippen LogP contribution >= 0.6 is 0 Å². The van der Waals surface area contributed by atoms with Crippen LogP contribution in [0.4, 0.5) is 26.3 Å². The quantitative estimate of drug-likeness (QED) is 0.197. The van der Waals surface area contributed by atoms with Gasteiger partial charge in [-0.1, -0.05) is 44.7 Å². The molecule has 0 aliphatic heterocycles. The van der Waals surface area contributed by atoms with Crippen molar-refractivity contribution in [3.63, 3.8) is 0 Å². The Morgan fingerprint density at radius 2 is 1.14 bits per heavy atom. The van der Waals surface area contributed by atoms with Crippen molar-refractivity contribution in [1.29, 1.82) is 0 Å². The summed E-state index contributed by atoms with van der Waals surface area (Å²) in [6, 6.07) is 6.68. The van der Waals surface area contributed by atoms with Gasteiger partial charge in [-0.05, 0) is 135 Å². The van der Waals surface area contributed by atoms with Crippen molar-refractivity contribution < 1.29 is 26.3 Å². The molecule has 2 aromatic rings. The highest BCUT2D eigenvalue weighted by Gasteiger charge is 2.32. The molecule has 2 aromatic carbocycles. The smallest absolute Gasteiger partial charge is 0.194 e. The molecule has 3 aliphatic carbocycles. The molecular weight excluding hydrogens is 558 g/mol. The third-order valence-electron chi connectivity index (χ3n) is 11.0. The molecule has 0 nitrogen and oxygen atoms in total. The van der Waals surface area contributed by atoms with Gasteiger partial charge in [-0.25, -0.2) is 26.3 Å². The van der Waals surface area contributed by atoms with Crippen LogP contribution in [-0.4, -0.2) is 0 Å². The molecule has 0 bridgehead atoms. The van der Waals surface area contributed by atoms with Gasteiger partial charge in [-0.2, -0.15) is 0 Å². The molecule has 43 heavy (non-hydrogen) atoms. The number of hydrogen-bond acceptors (Lipinski definition) is 0. The van der Waals surface area contributed by atoms with E-state index in [1.54, 1.807) is 13.0 Å². The molecule has 5 rings (SSSR count). The highest BCUT2D eigenvalue weighted by molar-refractivity contribution is 5.61. The fraction of sp³-hybridized carbons (Fsp3) is 0.622. The molecule has 3 fully saturated rings. The number of benzene rings is 2. The number of rotatable bonds is 9. The summed E-state index contributed by atoms with van der Waals surface area (Å²) in [5.41, 5.74) is 1.22. The fourth-order valence-corrected chi connectivity index (χ4v) is 8.40. The van der Waals surface area contributed by atoms with Crippen LogP contribution in [0.25, 0.3) is 5.83 Å². The van der Waals surface area contributed by atoms with E-state index in [1.807, 2.05) is 0 Å². The summed E-state index contributed by atoms with van der Waals surface area (Å²) in [5.74, 6) is -2.62. The zero-order valence-electron chi connectivity index (χ0n) is 25.4. The Morgan fingerprint density at radius 3 is 1.67 bits per heavy atom. The lowest BCUT2D eigenvalue weighted by molar-refractivity contribution is 0.151. The summed E-state index contributed by atoms with van der Waals surface area (Å²) in [6.07, 6.45) is 16.1. The zero-order valence-corrected chi connectivity index (χ0v) is 25.4. The average Bonchev–Trinajstić information content (AvgIpc) is 3.03. The molecule has 3 aliphatic rings. The van der Waals surface area contributed by atoms with Crippen molar-refractivity contribution >= 4 is 5.83 Å². The molecule has 236 valence electrons. The largest absolute Gasteiger partial charge is 0.209 e. The maximum absolute atomic E-state index is 14.9. The first-order chi connectivity index (χ1) is 20.7. The summed E-state index contributed by atoms with van der Waals surface area (Å²) < 4.78 is 83.8. The molecule has 6 heteroatoms. The van der Waals surface area contributed by atoms with Crippen LogP contribution < -0.4 is 0 Å². The van der Waals surface area contributed by atoms with E-state index in [1.165, 1.54) is 56.7 Å². The molecule has 0 heterocycles. The number of halogens is 6. The highest BCUT2D eigenvalue weighted by atomic mass is 19.2. The minimum absolute atomic E-state index is 0.0124. The van der Waals surface area contributed by atoms with Gasteiger partial charge in [0.1, 0.15) is 11.6 Å². The Kier molecular flexibility index (Phi) is 11.0. The minimum Gasteiger partial charge on any atom is -0.209 e. The Morgan fingerprint density at radius 1 is 0.628 bits per heavy atom. The lowest BCUT2D eigenvalue weighted by Crippen LogP contribution is -2.26. The van der Waals surface area contributed by atoms with E-state index >= 15 is 0 Å². The van der Waals surface area contributed by atoms with Gasteiger partial charge >= 0.3 is 0 Å². The van der Waals surface area contributed by atoms with E-state index in [-0.39, 0.29) is 23.8 Å². The molecule has 0 radical (unpaired) electrons. The van der Waals surface area contributed by atoms with E-state index < -0.39 is 34.9 Å². The number of hydrogen-bond donors (Lipinski definition) is 0. The number of allylic oxidation sites excluding steroid dienone is 1. The summed E-state index contributed by atoms with van der Waals surface area (Å²) in [4.78, 5) is 0. The molecule has 0 N–H and O–H groups in total. The normalized spacial score (nSPS) is 28.9. The van der Waals surface area contributed by atoms with E-state index in [4.69, 9.17) is 0 Å². The second-order valence-electron chi connectivity index (χ2n) is 13.7. The summed E-state index contributed by atoms with van der Waals surface area (Å²) in [6.45, 7) is 1.78. The average molecular weight is 605 g/mol. The predicted octanol–water partition coefficient (Wildman–Crippen LogP) is 12.5. The van der Waals surface area contributed by atoms with E-state index in [0.29, 0.717) is 29.4 Å². The Bertz CT molecular complexity index is 1220. The van der Waals surface area contributed by atoms with Crippen molar-refractivity contribution in [2.45, 2.75) is 121 Å². The van der Waals surface area contributed by atoms with Gasteiger partial charge in [0.05, 0.1) is 0 Å². The topological polar surface area (TPSA) is 0 Å². The van der Waals surface area contributed by atoms with E-state index in [2.05, 4.69) is 0 Å². The van der Waals surface area contributed by atoms with Gasteiger partial charge in [0, 0.05) is 12.0 Å². The summed E-state index contributed by atoms with van der Waals surface area (Å²) in [5, 5.41) is 0. The second-order valence-corrected chi connectivity index (χ2v) is 13.7. The molecule has 0 saturated heterocycles. The minimum atomic E-state index is -1.38. The third-order valence-corrected chi connectivity index (χ3v) is 11.0. The van der Waals surface area contributed by atoms with Crippen molar-refractivity contribution in [1.82, 2.24) is 0 Å². The van der Waals surface area contributed by atoms with Crippen molar-refractivity contribution in [3.05, 3.63) is 76.1 Å². The van der Waals surface area contributed by atoms with Crippen molar-refractivity contribution in [3.8, 4) is 0 Å². The third kappa shape index (κ3) is 7.89. The maximum Gasteiger partial charge on any atom is 0.194 e. The van der Waals surface area contributed by atoms with Crippen molar-refractivity contribution in [2.75, 3.05) is 0 Å². The van der Waals surface area contributed by atoms with E-state index in [9.17, 15) is 26.3 Å². The first-order valence-electron chi connectivity index (χ1n) is 16.7. The molecule has 0 spiro atoms. The van der Waals surface area contributed by atoms with Crippen LogP contribution in [0, 0.1) is 46.9 Å². The van der Waals surface area contributed by atoms with Crippen LogP contribution in [0.5, 0.6) is 0 Å². The first-order valence-corrected chi connectivity index (χ1v) is 16.7. The molecule has 0 atom stereocenters. The maximum atomic E-state index is 14.9. The molecule has 3 saturated carbocycles. The summed E-state index contributed by atoms with van der Waals surface area (Å²) >= 11 is 0. The molecular formula is C37H46F6. The van der Waals surface area contributed by atoms with Gasteiger partial charge in [0.2, 0.25) is 0 Å². The summed E-state index contributed by atoms with van der Waals surface area (Å²) in [7, 11) is 0. The van der Waals surface area contributed by atoms with Crippen LogP contribution in [0.15, 0.2) is 36.2 Å². The van der Waals surface area contributed by atoms with Crippen LogP contribution in [0.2, 0.25) is 0 Å². The predicted molar refractivity (Wildman–Crippen MR) is 161 cm³/mol. The Hall–Kier alpha value is -2.24. The molecule has 0 amide bonds. The fourth-order valence-electron chi connectivity index (χ4n) is 8.40. The van der Waals surface area contributed by atoms with Crippen molar-refractivity contribution in [2.24, 2.45) is 23.7 Å². The first kappa shape index (κ1) is 32.2. The standard InChI is InChI=1S/C37H46F6/c1-2-3-32(38)36(42)29-18-19-31(33(39)20-29)28-12-8-24(9-13-28)5-4-23-6-10-25(11-7-23)26-14-16-27(17-15-26)30-21-34(40)37(43)35(41)22-30/h18-28H,2-17H2,1H3. The monoisotopic (exact) mass is 604 g/mol. The SMILES string of the molecule is CCCC(F)=C(F)c1ccc(C2CCC(CCC3CCC(C4CCC(c5cc(F)c(F)c(F)c5)CC4)CC3)CC2)c(F)c1. The van der Waals surface area contributed by atoms with E-state index in [0.717, 1.165) is 69.3 Å². The molecule has 0 aromatic heterocycles. The van der Waals surface area contributed by atoms with Gasteiger partial charge in [0.25, 0.3) is 0 Å². The van der Waals surface area contributed by atoms with Crippen LogP contribution in [-0.2, 0) is 0 Å². The lowest BCUT2D eigenvalue weighted by Gasteiger charge is -2.38. The Balaban J connectivity index is 1.01. The zero-order chi connectivity index (χ0) is 30.5. The lowest BCUT2D eigenvalue weighted by atomic mass is 9.67. The molecule has 0 unspecified atom stereocenters. The van der Waals surface area contributed by atoms with Gasteiger partial charge < -0.3 is 0 Å². The van der Waals surface area contributed by atoms with Crippen LogP contribution in [0.1, 0.15) is 138 Å². The highest BCUT2D eigenvalue weighted by Crippen LogP contribution is 2.46. The van der Waals surface area contributed by atoms with Crippen LogP contribution in [0.3, 0.4) is 0 Å². The Labute approximate surface area is 253 Å².